The molecule has 0 saturated heterocycles. The Morgan fingerprint density at radius 1 is 1.33 bits per heavy atom. The first-order chi connectivity index (χ1) is 7.33. The Morgan fingerprint density at radius 2 is 2.20 bits per heavy atom. The van der Waals surface area contributed by atoms with Gasteiger partial charge in [0.15, 0.2) is 0 Å². The summed E-state index contributed by atoms with van der Waals surface area (Å²) in [5.41, 5.74) is 1.43. The predicted molar refractivity (Wildman–Crippen MR) is 56.3 cm³/mol. The van der Waals surface area contributed by atoms with Gasteiger partial charge < -0.3 is 9.52 Å². The van der Waals surface area contributed by atoms with Gasteiger partial charge in [0, 0.05) is 18.4 Å². The highest BCUT2D eigenvalue weighted by Gasteiger charge is 2.03. The molecule has 15 heavy (non-hydrogen) atoms. The van der Waals surface area contributed by atoms with Crippen molar-refractivity contribution < 1.29 is 9.52 Å². The van der Waals surface area contributed by atoms with Crippen LogP contribution in [0.2, 0.25) is 0 Å². The van der Waals surface area contributed by atoms with E-state index >= 15 is 0 Å². The number of rotatable bonds is 3. The number of fused-ring (bicyclic) bond motifs is 1. The Kier molecular flexibility index (Phi) is 2.70. The first-order valence-corrected chi connectivity index (χ1v) is 4.87. The van der Waals surface area contributed by atoms with Crippen LogP contribution in [0.5, 0.6) is 0 Å². The van der Waals surface area contributed by atoms with Gasteiger partial charge in [0.2, 0.25) is 0 Å². The average Bonchev–Trinajstić information content (AvgIpc) is 2.67. The van der Waals surface area contributed by atoms with Gasteiger partial charge in [-0.1, -0.05) is 0 Å². The van der Waals surface area contributed by atoms with E-state index in [0.29, 0.717) is 12.0 Å². The predicted octanol–water partition coefficient (Wildman–Crippen LogP) is 2.23. The Hall–Kier alpha value is -1.79. The maximum atomic E-state index is 8.73. The molecule has 0 unspecified atom stereocenters. The summed E-state index contributed by atoms with van der Waals surface area (Å²) in [6.45, 7) is 0.167. The van der Waals surface area contributed by atoms with Crippen LogP contribution in [0.1, 0.15) is 17.7 Å². The van der Waals surface area contributed by atoms with Gasteiger partial charge in [-0.05, 0) is 30.7 Å². The number of aryl methyl sites for hydroxylation is 1. The topological polar surface area (TPSA) is 57.2 Å². The summed E-state index contributed by atoms with van der Waals surface area (Å²) < 4.78 is 5.55. The second-order valence-corrected chi connectivity index (χ2v) is 3.40. The van der Waals surface area contributed by atoms with E-state index in [9.17, 15) is 0 Å². The van der Waals surface area contributed by atoms with Crippen molar-refractivity contribution in [2.24, 2.45) is 0 Å². The van der Waals surface area contributed by atoms with Crippen LogP contribution in [0.4, 0.5) is 0 Å². The molecule has 0 saturated carbocycles. The Balaban J connectivity index is 2.34. The molecule has 1 aromatic heterocycles. The number of aliphatic hydroxyl groups is 1. The van der Waals surface area contributed by atoms with E-state index in [4.69, 9.17) is 14.8 Å². The SMILES string of the molecule is N#Cc1ccc2oc(CCCO)cc2c1. The van der Waals surface area contributed by atoms with E-state index in [2.05, 4.69) is 6.07 Å². The third-order valence-corrected chi connectivity index (χ3v) is 2.28. The lowest BCUT2D eigenvalue weighted by Crippen LogP contribution is -1.85. The molecule has 0 bridgehead atoms. The molecule has 3 nitrogen and oxygen atoms in total. The summed E-state index contributed by atoms with van der Waals surface area (Å²) in [4.78, 5) is 0. The molecule has 1 heterocycles. The van der Waals surface area contributed by atoms with Crippen LogP contribution in [-0.2, 0) is 6.42 Å². The highest BCUT2D eigenvalue weighted by atomic mass is 16.3. The smallest absolute Gasteiger partial charge is 0.134 e. The van der Waals surface area contributed by atoms with Crippen molar-refractivity contribution in [1.82, 2.24) is 0 Å². The first-order valence-electron chi connectivity index (χ1n) is 4.87. The number of hydrogen-bond donors (Lipinski definition) is 1. The average molecular weight is 201 g/mol. The molecule has 0 aliphatic heterocycles. The van der Waals surface area contributed by atoms with Gasteiger partial charge in [0.25, 0.3) is 0 Å². The molecule has 3 heteroatoms. The van der Waals surface area contributed by atoms with Crippen molar-refractivity contribution in [1.29, 1.82) is 5.26 Å². The third-order valence-electron chi connectivity index (χ3n) is 2.28. The lowest BCUT2D eigenvalue weighted by atomic mass is 10.1. The van der Waals surface area contributed by atoms with E-state index in [1.54, 1.807) is 18.2 Å². The third kappa shape index (κ3) is 2.00. The van der Waals surface area contributed by atoms with Crippen LogP contribution < -0.4 is 0 Å². The quantitative estimate of drug-likeness (QED) is 0.828. The van der Waals surface area contributed by atoms with Crippen molar-refractivity contribution in [3.05, 3.63) is 35.6 Å². The van der Waals surface area contributed by atoms with E-state index in [1.165, 1.54) is 0 Å². The van der Waals surface area contributed by atoms with Crippen molar-refractivity contribution >= 4 is 11.0 Å². The molecule has 1 aromatic carbocycles. The van der Waals surface area contributed by atoms with Gasteiger partial charge in [-0.15, -0.1) is 0 Å². The number of nitrogens with zero attached hydrogens (tertiary/aromatic N) is 1. The highest BCUT2D eigenvalue weighted by Crippen LogP contribution is 2.21. The van der Waals surface area contributed by atoms with Crippen molar-refractivity contribution in [2.45, 2.75) is 12.8 Å². The van der Waals surface area contributed by atoms with Crippen LogP contribution in [0.25, 0.3) is 11.0 Å². The lowest BCUT2D eigenvalue weighted by Gasteiger charge is -1.90. The van der Waals surface area contributed by atoms with E-state index < -0.39 is 0 Å². The Labute approximate surface area is 87.6 Å². The molecule has 0 amide bonds. The number of benzene rings is 1. The minimum absolute atomic E-state index is 0.167. The molecular weight excluding hydrogens is 190 g/mol. The van der Waals surface area contributed by atoms with Gasteiger partial charge in [-0.2, -0.15) is 5.26 Å². The van der Waals surface area contributed by atoms with Gasteiger partial charge in [0.1, 0.15) is 11.3 Å². The minimum atomic E-state index is 0.167. The standard InChI is InChI=1S/C12H11NO2/c13-8-9-3-4-12-10(6-9)7-11(15-12)2-1-5-14/h3-4,6-7,14H,1-2,5H2. The summed E-state index contributed by atoms with van der Waals surface area (Å²) in [6.07, 6.45) is 1.43. The molecule has 2 aromatic rings. The fraction of sp³-hybridized carbons (Fsp3) is 0.250. The number of aliphatic hydroxyl groups excluding tert-OH is 1. The summed E-state index contributed by atoms with van der Waals surface area (Å²) in [5, 5.41) is 18.4. The van der Waals surface area contributed by atoms with Crippen LogP contribution in [0.15, 0.2) is 28.7 Å². The second-order valence-electron chi connectivity index (χ2n) is 3.40. The van der Waals surface area contributed by atoms with Crippen molar-refractivity contribution in [2.75, 3.05) is 6.61 Å². The fourth-order valence-corrected chi connectivity index (χ4v) is 1.54. The molecule has 1 N–H and O–H groups in total. The summed E-state index contributed by atoms with van der Waals surface area (Å²) >= 11 is 0. The van der Waals surface area contributed by atoms with Crippen LogP contribution in [0.3, 0.4) is 0 Å². The summed E-state index contributed by atoms with van der Waals surface area (Å²) in [6, 6.07) is 9.36. The van der Waals surface area contributed by atoms with Gasteiger partial charge in [0.05, 0.1) is 11.6 Å². The maximum absolute atomic E-state index is 8.73. The van der Waals surface area contributed by atoms with Crippen LogP contribution >= 0.6 is 0 Å². The number of hydrogen-bond acceptors (Lipinski definition) is 3. The zero-order chi connectivity index (χ0) is 10.7. The molecule has 0 atom stereocenters. The molecule has 0 aliphatic rings. The van der Waals surface area contributed by atoms with Crippen molar-refractivity contribution in [3.63, 3.8) is 0 Å². The summed E-state index contributed by atoms with van der Waals surface area (Å²) in [7, 11) is 0. The molecular formula is C12H11NO2. The summed E-state index contributed by atoms with van der Waals surface area (Å²) in [5.74, 6) is 0.856. The van der Waals surface area contributed by atoms with Crippen LogP contribution in [-0.4, -0.2) is 11.7 Å². The van der Waals surface area contributed by atoms with E-state index in [0.717, 1.165) is 23.2 Å². The molecule has 2 rings (SSSR count). The Bertz CT molecular complexity index is 508. The monoisotopic (exact) mass is 201 g/mol. The van der Waals surface area contributed by atoms with Crippen LogP contribution in [0, 0.1) is 11.3 Å². The second kappa shape index (κ2) is 4.16. The fourth-order valence-electron chi connectivity index (χ4n) is 1.54. The van der Waals surface area contributed by atoms with Gasteiger partial charge >= 0.3 is 0 Å². The molecule has 0 fully saturated rings. The number of furan rings is 1. The van der Waals surface area contributed by atoms with E-state index in [1.807, 2.05) is 6.07 Å². The molecule has 76 valence electrons. The minimum Gasteiger partial charge on any atom is -0.461 e. The first kappa shape index (κ1) is 9.75. The molecule has 0 spiro atoms. The largest absolute Gasteiger partial charge is 0.461 e. The molecule has 0 aliphatic carbocycles. The Morgan fingerprint density at radius 3 is 2.93 bits per heavy atom. The van der Waals surface area contributed by atoms with Crippen molar-refractivity contribution in [3.8, 4) is 6.07 Å². The highest BCUT2D eigenvalue weighted by molar-refractivity contribution is 5.79. The van der Waals surface area contributed by atoms with Gasteiger partial charge in [-0.3, -0.25) is 0 Å². The normalized spacial score (nSPS) is 10.4. The van der Waals surface area contributed by atoms with E-state index in [-0.39, 0.29) is 6.61 Å². The molecule has 0 radical (unpaired) electrons. The maximum Gasteiger partial charge on any atom is 0.134 e. The van der Waals surface area contributed by atoms with Gasteiger partial charge in [-0.25, -0.2) is 0 Å². The zero-order valence-corrected chi connectivity index (χ0v) is 8.23. The zero-order valence-electron chi connectivity index (χ0n) is 8.23. The lowest BCUT2D eigenvalue weighted by molar-refractivity contribution is 0.285. The number of nitriles is 1.